The van der Waals surface area contributed by atoms with Gasteiger partial charge in [-0.15, -0.1) is 0 Å². The van der Waals surface area contributed by atoms with Crippen LogP contribution in [0.15, 0.2) is 0 Å². The fraction of sp³-hybridized carbons (Fsp3) is 1.00. The molecule has 0 atom stereocenters. The van der Waals surface area contributed by atoms with Crippen LogP contribution in [0, 0.1) is 5.92 Å². The Morgan fingerprint density at radius 3 is 2.50 bits per heavy atom. The quantitative estimate of drug-likeness (QED) is 0.582. The molecule has 2 heteroatoms. The van der Waals surface area contributed by atoms with Gasteiger partial charge in [0.15, 0.2) is 0 Å². The van der Waals surface area contributed by atoms with Crippen molar-refractivity contribution in [2.24, 2.45) is 5.92 Å². The van der Waals surface area contributed by atoms with Crippen molar-refractivity contribution >= 4 is 12.0 Å². The monoisotopic (exact) mass is 132 g/mol. The molecule has 0 saturated heterocycles. The number of hydrogen-bond donors (Lipinski definition) is 1. The smallest absolute Gasteiger partial charge is 0.0223 e. The van der Waals surface area contributed by atoms with E-state index < -0.39 is 0 Å². The fourth-order valence-corrected chi connectivity index (χ4v) is 1.83. The van der Waals surface area contributed by atoms with Gasteiger partial charge in [-0.25, -0.2) is 0 Å². The number of rotatable bonds is 2. The Hall–Kier alpha value is 0.310. The molecule has 0 aromatic rings. The van der Waals surface area contributed by atoms with Crippen LogP contribution in [0.5, 0.6) is 0 Å². The zero-order valence-corrected chi connectivity index (χ0v) is 5.78. The van der Waals surface area contributed by atoms with Gasteiger partial charge >= 0.3 is 0 Å². The van der Waals surface area contributed by atoms with Crippen LogP contribution < -0.4 is 0 Å². The maximum Gasteiger partial charge on any atom is 0.0223 e. The molecule has 0 radical (unpaired) electrons. The summed E-state index contributed by atoms with van der Waals surface area (Å²) in [6, 6.07) is 0. The Morgan fingerprint density at radius 1 is 1.38 bits per heavy atom. The molecule has 0 aromatic carbocycles. The van der Waals surface area contributed by atoms with Crippen molar-refractivity contribution in [3.05, 3.63) is 0 Å². The molecule has 1 aliphatic carbocycles. The van der Waals surface area contributed by atoms with E-state index in [1.807, 2.05) is 0 Å². The molecule has 48 valence electrons. The highest BCUT2D eigenvalue weighted by atomic mass is 32.2. The van der Waals surface area contributed by atoms with Crippen molar-refractivity contribution in [1.82, 2.24) is 0 Å². The third kappa shape index (κ3) is 1.67. The van der Waals surface area contributed by atoms with E-state index >= 15 is 0 Å². The average Bonchev–Trinajstić information content (AvgIpc) is 2.19. The summed E-state index contributed by atoms with van der Waals surface area (Å²) < 4.78 is 8.44. The second-order valence-electron chi connectivity index (χ2n) is 2.45. The van der Waals surface area contributed by atoms with Crippen LogP contribution in [-0.2, 0) is 0 Å². The molecule has 1 nitrogen and oxygen atoms in total. The minimum atomic E-state index is 0.824. The minimum Gasteiger partial charge on any atom is -0.330 e. The lowest BCUT2D eigenvalue weighted by Gasteiger charge is -2.01. The molecule has 0 aliphatic heterocycles. The molecule has 0 spiro atoms. The van der Waals surface area contributed by atoms with Crippen molar-refractivity contribution in [3.8, 4) is 0 Å². The van der Waals surface area contributed by atoms with E-state index in [0.29, 0.717) is 0 Å². The average molecular weight is 132 g/mol. The van der Waals surface area contributed by atoms with Crippen molar-refractivity contribution in [3.63, 3.8) is 0 Å². The summed E-state index contributed by atoms with van der Waals surface area (Å²) in [5.74, 6) is 1.78. The fourth-order valence-electron chi connectivity index (χ4n) is 1.28. The molecular weight excluding hydrogens is 120 g/mol. The van der Waals surface area contributed by atoms with E-state index in [1.54, 1.807) is 0 Å². The SMILES string of the molecule is OSCC1CCCC1. The zero-order chi connectivity index (χ0) is 5.82. The summed E-state index contributed by atoms with van der Waals surface area (Å²) >= 11 is 0.999. The first-order valence-corrected chi connectivity index (χ1v) is 4.14. The van der Waals surface area contributed by atoms with Crippen molar-refractivity contribution in [2.45, 2.75) is 25.7 Å². The first kappa shape index (κ1) is 6.43. The lowest BCUT2D eigenvalue weighted by Crippen LogP contribution is -1.94. The van der Waals surface area contributed by atoms with Crippen LogP contribution >= 0.6 is 12.0 Å². The number of hydrogen-bond acceptors (Lipinski definition) is 2. The second kappa shape index (κ2) is 3.36. The van der Waals surface area contributed by atoms with Gasteiger partial charge in [-0.05, 0) is 30.8 Å². The van der Waals surface area contributed by atoms with Gasteiger partial charge in [-0.3, -0.25) is 0 Å². The van der Waals surface area contributed by atoms with Crippen LogP contribution in [0.3, 0.4) is 0 Å². The van der Waals surface area contributed by atoms with Crippen LogP contribution in [0.2, 0.25) is 0 Å². The van der Waals surface area contributed by atoms with Crippen molar-refractivity contribution in [2.75, 3.05) is 5.75 Å². The molecule has 0 heterocycles. The van der Waals surface area contributed by atoms with Gasteiger partial charge in [-0.1, -0.05) is 12.8 Å². The summed E-state index contributed by atoms with van der Waals surface area (Å²) in [6.07, 6.45) is 5.44. The van der Waals surface area contributed by atoms with Gasteiger partial charge < -0.3 is 4.55 Å². The second-order valence-corrected chi connectivity index (χ2v) is 3.04. The summed E-state index contributed by atoms with van der Waals surface area (Å²) in [4.78, 5) is 0. The van der Waals surface area contributed by atoms with Gasteiger partial charge in [0.1, 0.15) is 0 Å². The molecular formula is C6H12OS. The Labute approximate surface area is 54.7 Å². The van der Waals surface area contributed by atoms with Gasteiger partial charge in [0.05, 0.1) is 0 Å². The molecule has 0 unspecified atom stereocenters. The molecule has 8 heavy (non-hydrogen) atoms. The first-order valence-electron chi connectivity index (χ1n) is 3.20. The Bertz CT molecular complexity index is 59.5. The molecule has 1 rings (SSSR count). The zero-order valence-electron chi connectivity index (χ0n) is 4.97. The van der Waals surface area contributed by atoms with Crippen LogP contribution in [0.1, 0.15) is 25.7 Å². The standard InChI is InChI=1S/C6H12OS/c7-8-5-6-3-1-2-4-6/h6-7H,1-5H2. The van der Waals surface area contributed by atoms with Gasteiger partial charge in [0.25, 0.3) is 0 Å². The molecule has 0 bridgehead atoms. The molecule has 1 fully saturated rings. The highest BCUT2D eigenvalue weighted by Gasteiger charge is 2.13. The molecule has 1 saturated carbocycles. The normalized spacial score (nSPS) is 22.1. The third-order valence-electron chi connectivity index (χ3n) is 1.78. The maximum atomic E-state index is 8.44. The Kier molecular flexibility index (Phi) is 2.70. The van der Waals surface area contributed by atoms with Crippen molar-refractivity contribution < 1.29 is 4.55 Å². The van der Waals surface area contributed by atoms with Crippen LogP contribution in [-0.4, -0.2) is 10.3 Å². The van der Waals surface area contributed by atoms with E-state index in [0.717, 1.165) is 23.7 Å². The summed E-state index contributed by atoms with van der Waals surface area (Å²) in [5, 5.41) is 0. The minimum absolute atomic E-state index is 0.824. The summed E-state index contributed by atoms with van der Waals surface area (Å²) in [5.41, 5.74) is 0. The van der Waals surface area contributed by atoms with Crippen molar-refractivity contribution in [1.29, 1.82) is 0 Å². The molecule has 0 amide bonds. The third-order valence-corrected chi connectivity index (χ3v) is 2.41. The first-order chi connectivity index (χ1) is 3.93. The predicted octanol–water partition coefficient (Wildman–Crippen LogP) is 2.38. The summed E-state index contributed by atoms with van der Waals surface area (Å²) in [7, 11) is 0. The van der Waals surface area contributed by atoms with Crippen LogP contribution in [0.4, 0.5) is 0 Å². The molecule has 1 N–H and O–H groups in total. The van der Waals surface area contributed by atoms with E-state index in [2.05, 4.69) is 0 Å². The molecule has 0 aromatic heterocycles. The Morgan fingerprint density at radius 2 is 2.00 bits per heavy atom. The van der Waals surface area contributed by atoms with Gasteiger partial charge in [0, 0.05) is 5.75 Å². The van der Waals surface area contributed by atoms with Gasteiger partial charge in [0.2, 0.25) is 0 Å². The van der Waals surface area contributed by atoms with Crippen LogP contribution in [0.25, 0.3) is 0 Å². The van der Waals surface area contributed by atoms with E-state index in [4.69, 9.17) is 4.55 Å². The maximum absolute atomic E-state index is 8.44. The molecule has 1 aliphatic rings. The van der Waals surface area contributed by atoms with E-state index in [9.17, 15) is 0 Å². The lowest BCUT2D eigenvalue weighted by atomic mass is 10.1. The highest BCUT2D eigenvalue weighted by Crippen LogP contribution is 2.26. The van der Waals surface area contributed by atoms with E-state index in [1.165, 1.54) is 25.7 Å². The largest absolute Gasteiger partial charge is 0.330 e. The topological polar surface area (TPSA) is 20.2 Å². The lowest BCUT2D eigenvalue weighted by molar-refractivity contribution is 0.595. The van der Waals surface area contributed by atoms with E-state index in [-0.39, 0.29) is 0 Å². The van der Waals surface area contributed by atoms with Gasteiger partial charge in [-0.2, -0.15) is 0 Å². The Balaban J connectivity index is 2.06. The summed E-state index contributed by atoms with van der Waals surface area (Å²) in [6.45, 7) is 0. The highest BCUT2D eigenvalue weighted by molar-refractivity contribution is 7.93. The predicted molar refractivity (Wildman–Crippen MR) is 37.0 cm³/mol.